The van der Waals surface area contributed by atoms with Crippen molar-refractivity contribution < 1.29 is 17.8 Å². The van der Waals surface area contributed by atoms with Gasteiger partial charge in [0.05, 0.1) is 6.10 Å². The molecular formula is C6H14FO3P. The summed E-state index contributed by atoms with van der Waals surface area (Å²) >= 11 is 0. The highest BCUT2D eigenvalue weighted by Gasteiger charge is 2.26. The standard InChI is InChI=1S/C6H14FO3P/c1-5(2)6(3)10-11(7,8)9-4/h5-6H,1-4H3. The molecule has 0 spiro atoms. The highest BCUT2D eigenvalue weighted by Crippen LogP contribution is 2.50. The fraction of sp³-hybridized carbons (Fsp3) is 1.00. The summed E-state index contributed by atoms with van der Waals surface area (Å²) in [7, 11) is -3.26. The van der Waals surface area contributed by atoms with Crippen LogP contribution in [0.25, 0.3) is 0 Å². The maximum absolute atomic E-state index is 12.5. The van der Waals surface area contributed by atoms with Gasteiger partial charge in [-0.25, -0.2) is 4.57 Å². The van der Waals surface area contributed by atoms with Crippen LogP contribution in [0.5, 0.6) is 0 Å². The van der Waals surface area contributed by atoms with Crippen LogP contribution in [0.2, 0.25) is 0 Å². The van der Waals surface area contributed by atoms with Gasteiger partial charge in [0, 0.05) is 7.11 Å². The van der Waals surface area contributed by atoms with Crippen molar-refractivity contribution in [1.82, 2.24) is 0 Å². The van der Waals surface area contributed by atoms with Gasteiger partial charge in [0.15, 0.2) is 0 Å². The van der Waals surface area contributed by atoms with Crippen LogP contribution in [-0.4, -0.2) is 13.2 Å². The van der Waals surface area contributed by atoms with E-state index in [1.807, 2.05) is 13.8 Å². The van der Waals surface area contributed by atoms with E-state index < -0.39 is 14.0 Å². The molecule has 0 saturated heterocycles. The van der Waals surface area contributed by atoms with Crippen molar-refractivity contribution in [3.8, 4) is 0 Å². The molecule has 11 heavy (non-hydrogen) atoms. The Morgan fingerprint density at radius 3 is 2.09 bits per heavy atom. The maximum atomic E-state index is 12.5. The molecule has 5 heteroatoms. The smallest absolute Gasteiger partial charge is 0.287 e. The first-order chi connectivity index (χ1) is 4.89. The van der Waals surface area contributed by atoms with E-state index >= 15 is 0 Å². The van der Waals surface area contributed by atoms with Crippen molar-refractivity contribution in [3.05, 3.63) is 0 Å². The van der Waals surface area contributed by atoms with Gasteiger partial charge in [-0.15, -0.1) is 4.20 Å². The molecule has 0 rings (SSSR count). The molecule has 0 amide bonds. The molecular weight excluding hydrogens is 170 g/mol. The van der Waals surface area contributed by atoms with Crippen LogP contribution in [0.1, 0.15) is 20.8 Å². The summed E-state index contributed by atoms with van der Waals surface area (Å²) in [4.78, 5) is 0. The molecule has 2 unspecified atom stereocenters. The summed E-state index contributed by atoms with van der Waals surface area (Å²) in [6.07, 6.45) is -0.397. The van der Waals surface area contributed by atoms with Crippen LogP contribution in [0, 0.1) is 5.92 Å². The molecule has 0 aromatic rings. The minimum atomic E-state index is -4.28. The molecule has 0 heterocycles. The molecule has 0 radical (unpaired) electrons. The van der Waals surface area contributed by atoms with Gasteiger partial charge in [-0.2, -0.15) is 0 Å². The molecule has 0 N–H and O–H groups in total. The number of hydrogen-bond donors (Lipinski definition) is 0. The van der Waals surface area contributed by atoms with E-state index in [9.17, 15) is 8.76 Å². The minimum Gasteiger partial charge on any atom is -0.287 e. The Morgan fingerprint density at radius 2 is 1.82 bits per heavy atom. The second-order valence-corrected chi connectivity index (χ2v) is 4.10. The molecule has 0 aromatic carbocycles. The first kappa shape index (κ1) is 11.1. The van der Waals surface area contributed by atoms with Gasteiger partial charge in [0.25, 0.3) is 0 Å². The Labute approximate surface area is 66.5 Å². The summed E-state index contributed by atoms with van der Waals surface area (Å²) < 4.78 is 31.7. The van der Waals surface area contributed by atoms with Crippen molar-refractivity contribution in [1.29, 1.82) is 0 Å². The van der Waals surface area contributed by atoms with Gasteiger partial charge in [-0.1, -0.05) is 13.8 Å². The summed E-state index contributed by atoms with van der Waals surface area (Å²) in [6, 6.07) is 0. The average Bonchev–Trinajstić information content (AvgIpc) is 1.87. The predicted octanol–water partition coefficient (Wildman–Crippen LogP) is 2.77. The second-order valence-electron chi connectivity index (χ2n) is 2.67. The third-order valence-electron chi connectivity index (χ3n) is 1.45. The summed E-state index contributed by atoms with van der Waals surface area (Å²) in [5, 5.41) is 0. The van der Waals surface area contributed by atoms with E-state index in [0.29, 0.717) is 0 Å². The van der Waals surface area contributed by atoms with E-state index in [4.69, 9.17) is 0 Å². The van der Waals surface area contributed by atoms with Crippen LogP contribution < -0.4 is 0 Å². The quantitative estimate of drug-likeness (QED) is 0.630. The molecule has 2 atom stereocenters. The van der Waals surface area contributed by atoms with Gasteiger partial charge in [-0.05, 0) is 12.8 Å². The van der Waals surface area contributed by atoms with Crippen LogP contribution in [0.3, 0.4) is 0 Å². The van der Waals surface area contributed by atoms with Crippen molar-refractivity contribution in [3.63, 3.8) is 0 Å². The van der Waals surface area contributed by atoms with E-state index in [1.165, 1.54) is 0 Å². The van der Waals surface area contributed by atoms with Gasteiger partial charge in [0.1, 0.15) is 0 Å². The van der Waals surface area contributed by atoms with E-state index in [1.54, 1.807) is 6.92 Å². The maximum Gasteiger partial charge on any atom is 0.513 e. The number of halogens is 1. The minimum absolute atomic E-state index is 0.120. The Morgan fingerprint density at radius 1 is 1.36 bits per heavy atom. The number of rotatable bonds is 4. The third-order valence-corrected chi connectivity index (χ3v) is 2.47. The first-order valence-corrected chi connectivity index (χ1v) is 4.86. The van der Waals surface area contributed by atoms with Crippen molar-refractivity contribution in [2.24, 2.45) is 5.92 Å². The van der Waals surface area contributed by atoms with Gasteiger partial charge in [0.2, 0.25) is 0 Å². The van der Waals surface area contributed by atoms with E-state index in [0.717, 1.165) is 7.11 Å². The van der Waals surface area contributed by atoms with Crippen LogP contribution in [-0.2, 0) is 13.6 Å². The highest BCUT2D eigenvalue weighted by atomic mass is 31.2. The number of hydrogen-bond acceptors (Lipinski definition) is 3. The molecule has 0 aliphatic carbocycles. The van der Waals surface area contributed by atoms with E-state index in [-0.39, 0.29) is 5.92 Å². The molecule has 3 nitrogen and oxygen atoms in total. The zero-order chi connectivity index (χ0) is 9.07. The van der Waals surface area contributed by atoms with E-state index in [2.05, 4.69) is 9.05 Å². The normalized spacial score (nSPS) is 19.8. The molecule has 0 aromatic heterocycles. The molecule has 0 aliphatic heterocycles. The molecule has 68 valence electrons. The lowest BCUT2D eigenvalue weighted by Crippen LogP contribution is -2.13. The summed E-state index contributed by atoms with van der Waals surface area (Å²) in [5.74, 6) is 0.120. The molecule has 0 saturated carbocycles. The van der Waals surface area contributed by atoms with Crippen molar-refractivity contribution in [2.45, 2.75) is 26.9 Å². The zero-order valence-corrected chi connectivity index (χ0v) is 8.10. The zero-order valence-electron chi connectivity index (χ0n) is 7.20. The molecule has 0 aliphatic rings. The summed E-state index contributed by atoms with van der Waals surface area (Å²) in [6.45, 7) is 5.34. The van der Waals surface area contributed by atoms with Gasteiger partial charge in [-0.3, -0.25) is 9.05 Å². The summed E-state index contributed by atoms with van der Waals surface area (Å²) in [5.41, 5.74) is 0. The lowest BCUT2D eigenvalue weighted by atomic mass is 10.1. The molecule has 0 bridgehead atoms. The third kappa shape index (κ3) is 4.51. The second kappa shape index (κ2) is 4.19. The first-order valence-electron chi connectivity index (χ1n) is 3.43. The topological polar surface area (TPSA) is 35.5 Å². The fourth-order valence-corrected chi connectivity index (χ4v) is 1.09. The van der Waals surface area contributed by atoms with Gasteiger partial charge < -0.3 is 0 Å². The Bertz CT molecular complexity index is 160. The SMILES string of the molecule is COP(=O)(F)OC(C)C(C)C. The lowest BCUT2D eigenvalue weighted by Gasteiger charge is -2.17. The van der Waals surface area contributed by atoms with Crippen LogP contribution in [0.4, 0.5) is 4.20 Å². The monoisotopic (exact) mass is 184 g/mol. The Kier molecular flexibility index (Phi) is 4.22. The largest absolute Gasteiger partial charge is 0.513 e. The average molecular weight is 184 g/mol. The highest BCUT2D eigenvalue weighted by molar-refractivity contribution is 7.48. The van der Waals surface area contributed by atoms with Gasteiger partial charge >= 0.3 is 7.91 Å². The molecule has 0 fully saturated rings. The van der Waals surface area contributed by atoms with Crippen LogP contribution >= 0.6 is 7.91 Å². The lowest BCUT2D eigenvalue weighted by molar-refractivity contribution is 0.118. The predicted molar refractivity (Wildman–Crippen MR) is 41.1 cm³/mol. The van der Waals surface area contributed by atoms with Crippen molar-refractivity contribution in [2.75, 3.05) is 7.11 Å². The Balaban J connectivity index is 3.94. The van der Waals surface area contributed by atoms with Crippen LogP contribution in [0.15, 0.2) is 0 Å². The van der Waals surface area contributed by atoms with Crippen molar-refractivity contribution >= 4 is 7.91 Å². The fourth-order valence-electron chi connectivity index (χ4n) is 0.363. The Hall–Kier alpha value is 0.0800.